The first kappa shape index (κ1) is 12.0. The van der Waals surface area contributed by atoms with E-state index >= 15 is 0 Å². The van der Waals surface area contributed by atoms with Crippen LogP contribution in [0.15, 0.2) is 59.5 Å². The van der Waals surface area contributed by atoms with Crippen LogP contribution in [0, 0.1) is 0 Å². The summed E-state index contributed by atoms with van der Waals surface area (Å²) in [5.74, 6) is 0. The first-order chi connectivity index (χ1) is 8.08. The molecule has 0 aliphatic carbocycles. The Bertz CT molecular complexity index is 611. The Balaban J connectivity index is 2.32. The van der Waals surface area contributed by atoms with Gasteiger partial charge in [0.2, 0.25) is 0 Å². The SMILES string of the molecule is O=S(=O)(Nc1ccccc1)c1cccc(Cl)c1. The summed E-state index contributed by atoms with van der Waals surface area (Å²) in [6.07, 6.45) is 0. The maximum atomic E-state index is 12.0. The quantitative estimate of drug-likeness (QED) is 0.929. The Morgan fingerprint density at radius 1 is 0.941 bits per heavy atom. The van der Waals surface area contributed by atoms with Crippen LogP contribution in [-0.4, -0.2) is 8.42 Å². The minimum absolute atomic E-state index is 0.147. The van der Waals surface area contributed by atoms with Crippen molar-refractivity contribution >= 4 is 27.3 Å². The smallest absolute Gasteiger partial charge is 0.261 e. The zero-order chi connectivity index (χ0) is 12.3. The number of sulfonamides is 1. The highest BCUT2D eigenvalue weighted by molar-refractivity contribution is 7.92. The van der Waals surface area contributed by atoms with Gasteiger partial charge in [-0.25, -0.2) is 8.42 Å². The Kier molecular flexibility index (Phi) is 3.36. The minimum Gasteiger partial charge on any atom is -0.280 e. The van der Waals surface area contributed by atoms with Crippen molar-refractivity contribution < 1.29 is 8.42 Å². The van der Waals surface area contributed by atoms with Gasteiger partial charge < -0.3 is 0 Å². The third-order valence-corrected chi connectivity index (χ3v) is 3.75. The van der Waals surface area contributed by atoms with Crippen LogP contribution in [0.25, 0.3) is 0 Å². The fourth-order valence-corrected chi connectivity index (χ4v) is 2.71. The van der Waals surface area contributed by atoms with Gasteiger partial charge in [-0.05, 0) is 30.3 Å². The predicted molar refractivity (Wildman–Crippen MR) is 68.7 cm³/mol. The second-order valence-corrected chi connectivity index (χ2v) is 5.55. The summed E-state index contributed by atoms with van der Waals surface area (Å²) in [6.45, 7) is 0. The fourth-order valence-electron chi connectivity index (χ4n) is 1.35. The molecule has 0 saturated carbocycles. The highest BCUT2D eigenvalue weighted by Gasteiger charge is 2.13. The van der Waals surface area contributed by atoms with Gasteiger partial charge in [0.05, 0.1) is 4.90 Å². The number of rotatable bonds is 3. The zero-order valence-corrected chi connectivity index (χ0v) is 10.4. The molecule has 0 heterocycles. The zero-order valence-electron chi connectivity index (χ0n) is 8.80. The maximum Gasteiger partial charge on any atom is 0.261 e. The van der Waals surface area contributed by atoms with Crippen molar-refractivity contribution in [1.29, 1.82) is 0 Å². The average molecular weight is 268 g/mol. The van der Waals surface area contributed by atoms with E-state index in [-0.39, 0.29) is 4.90 Å². The number of benzene rings is 2. The summed E-state index contributed by atoms with van der Waals surface area (Å²) in [5.41, 5.74) is 0.521. The van der Waals surface area contributed by atoms with E-state index in [0.717, 1.165) is 0 Å². The molecule has 2 aromatic rings. The molecule has 0 saturated heterocycles. The van der Waals surface area contributed by atoms with Crippen LogP contribution in [0.1, 0.15) is 0 Å². The molecule has 0 spiro atoms. The number of hydrogen-bond donors (Lipinski definition) is 1. The lowest BCUT2D eigenvalue weighted by molar-refractivity contribution is 0.601. The van der Waals surface area contributed by atoms with Gasteiger partial charge in [-0.1, -0.05) is 35.9 Å². The fraction of sp³-hybridized carbons (Fsp3) is 0. The molecule has 3 nitrogen and oxygen atoms in total. The summed E-state index contributed by atoms with van der Waals surface area (Å²) >= 11 is 5.76. The largest absolute Gasteiger partial charge is 0.280 e. The topological polar surface area (TPSA) is 46.2 Å². The van der Waals surface area contributed by atoms with E-state index in [2.05, 4.69) is 4.72 Å². The van der Waals surface area contributed by atoms with Crippen LogP contribution in [0.4, 0.5) is 5.69 Å². The standard InChI is InChI=1S/C12H10ClNO2S/c13-10-5-4-8-12(9-10)17(15,16)14-11-6-2-1-3-7-11/h1-9,14H. The number of hydrogen-bond acceptors (Lipinski definition) is 2. The summed E-state index contributed by atoms with van der Waals surface area (Å²) in [4.78, 5) is 0.147. The number of halogens is 1. The van der Waals surface area contributed by atoms with Crippen LogP contribution in [0.3, 0.4) is 0 Å². The molecule has 5 heteroatoms. The molecule has 1 N–H and O–H groups in total. The lowest BCUT2D eigenvalue weighted by atomic mass is 10.3. The van der Waals surface area contributed by atoms with Crippen molar-refractivity contribution in [2.24, 2.45) is 0 Å². The molecule has 2 aromatic carbocycles. The van der Waals surface area contributed by atoms with Crippen molar-refractivity contribution in [3.63, 3.8) is 0 Å². The molecule has 88 valence electrons. The lowest BCUT2D eigenvalue weighted by Gasteiger charge is -2.07. The van der Waals surface area contributed by atoms with Gasteiger partial charge in [0, 0.05) is 10.7 Å². The monoisotopic (exact) mass is 267 g/mol. The van der Waals surface area contributed by atoms with Crippen LogP contribution < -0.4 is 4.72 Å². The highest BCUT2D eigenvalue weighted by Crippen LogP contribution is 2.18. The Labute approximate surface area is 105 Å². The molecule has 0 aliphatic heterocycles. The van der Waals surface area contributed by atoms with Gasteiger partial charge in [-0.15, -0.1) is 0 Å². The van der Waals surface area contributed by atoms with E-state index in [1.165, 1.54) is 12.1 Å². The van der Waals surface area contributed by atoms with Gasteiger partial charge in [-0.2, -0.15) is 0 Å². The lowest BCUT2D eigenvalue weighted by Crippen LogP contribution is -2.12. The number of nitrogens with one attached hydrogen (secondary N) is 1. The second kappa shape index (κ2) is 4.77. The Morgan fingerprint density at radius 2 is 1.65 bits per heavy atom. The third kappa shape index (κ3) is 2.99. The summed E-state index contributed by atoms with van der Waals surface area (Å²) in [6, 6.07) is 14.8. The highest BCUT2D eigenvalue weighted by atomic mass is 35.5. The molecule has 17 heavy (non-hydrogen) atoms. The molecule has 0 amide bonds. The normalized spacial score (nSPS) is 11.1. The minimum atomic E-state index is -3.57. The first-order valence-corrected chi connectivity index (χ1v) is 6.77. The van der Waals surface area contributed by atoms with Crippen LogP contribution in [-0.2, 0) is 10.0 Å². The molecular weight excluding hydrogens is 258 g/mol. The molecule has 0 unspecified atom stereocenters. The molecule has 2 rings (SSSR count). The molecule has 0 aromatic heterocycles. The average Bonchev–Trinajstić information content (AvgIpc) is 2.30. The van der Waals surface area contributed by atoms with Gasteiger partial charge in [0.1, 0.15) is 0 Å². The Hall–Kier alpha value is -1.52. The van der Waals surface area contributed by atoms with E-state index in [4.69, 9.17) is 11.6 Å². The van der Waals surface area contributed by atoms with E-state index in [0.29, 0.717) is 10.7 Å². The third-order valence-electron chi connectivity index (χ3n) is 2.13. The van der Waals surface area contributed by atoms with Crippen LogP contribution >= 0.6 is 11.6 Å². The van der Waals surface area contributed by atoms with Gasteiger partial charge >= 0.3 is 0 Å². The predicted octanol–water partition coefficient (Wildman–Crippen LogP) is 3.14. The van der Waals surface area contributed by atoms with Crippen LogP contribution in [0.2, 0.25) is 5.02 Å². The molecule has 0 atom stereocenters. The van der Waals surface area contributed by atoms with Gasteiger partial charge in [0.25, 0.3) is 10.0 Å². The molecule has 0 fully saturated rings. The molecule has 0 radical (unpaired) electrons. The molecule has 0 aliphatic rings. The summed E-state index contributed by atoms with van der Waals surface area (Å²) in [5, 5.41) is 0.390. The van der Waals surface area contributed by atoms with Crippen molar-refractivity contribution in [2.45, 2.75) is 4.90 Å². The van der Waals surface area contributed by atoms with Gasteiger partial charge in [-0.3, -0.25) is 4.72 Å². The van der Waals surface area contributed by atoms with E-state index in [1.807, 2.05) is 6.07 Å². The van der Waals surface area contributed by atoms with E-state index in [9.17, 15) is 8.42 Å². The molecular formula is C12H10ClNO2S. The Morgan fingerprint density at radius 3 is 2.29 bits per heavy atom. The van der Waals surface area contributed by atoms with Crippen molar-refractivity contribution in [2.75, 3.05) is 4.72 Å². The summed E-state index contributed by atoms with van der Waals surface area (Å²) in [7, 11) is -3.57. The van der Waals surface area contributed by atoms with Gasteiger partial charge in [0.15, 0.2) is 0 Å². The van der Waals surface area contributed by atoms with Crippen LogP contribution in [0.5, 0.6) is 0 Å². The number of anilines is 1. The number of para-hydroxylation sites is 1. The first-order valence-electron chi connectivity index (χ1n) is 4.91. The van der Waals surface area contributed by atoms with Crippen molar-refractivity contribution in [3.05, 3.63) is 59.6 Å². The van der Waals surface area contributed by atoms with Crippen molar-refractivity contribution in [3.8, 4) is 0 Å². The maximum absolute atomic E-state index is 12.0. The summed E-state index contributed by atoms with van der Waals surface area (Å²) < 4.78 is 26.4. The van der Waals surface area contributed by atoms with E-state index < -0.39 is 10.0 Å². The molecule has 0 bridgehead atoms. The van der Waals surface area contributed by atoms with E-state index in [1.54, 1.807) is 36.4 Å². The second-order valence-electron chi connectivity index (χ2n) is 3.43. The van der Waals surface area contributed by atoms with Crippen molar-refractivity contribution in [1.82, 2.24) is 0 Å².